The van der Waals surface area contributed by atoms with Crippen LogP contribution in [0.5, 0.6) is 0 Å². The molecule has 0 unspecified atom stereocenters. The minimum absolute atomic E-state index is 0.319. The molecule has 0 fully saturated rings. The van der Waals surface area contributed by atoms with Crippen molar-refractivity contribution in [1.82, 2.24) is 10.2 Å². The van der Waals surface area contributed by atoms with Crippen molar-refractivity contribution >= 4 is 17.3 Å². The number of benzene rings is 2. The fourth-order valence-electron chi connectivity index (χ4n) is 2.91. The van der Waals surface area contributed by atoms with Crippen LogP contribution in [-0.4, -0.2) is 21.4 Å². The van der Waals surface area contributed by atoms with Crippen LogP contribution in [0.3, 0.4) is 0 Å². The quantitative estimate of drug-likeness (QED) is 0.628. The summed E-state index contributed by atoms with van der Waals surface area (Å²) in [6, 6.07) is 12.4. The summed E-state index contributed by atoms with van der Waals surface area (Å²) in [5.74, 6) is 0.218. The topological polar surface area (TPSA) is 87.3 Å². The monoisotopic (exact) mass is 392 g/mol. The molecule has 0 spiro atoms. The summed E-state index contributed by atoms with van der Waals surface area (Å²) in [5, 5.41) is 27.8. The third kappa shape index (κ3) is 3.89. The van der Waals surface area contributed by atoms with Gasteiger partial charge in [0.2, 0.25) is 17.5 Å². The second-order valence-electron chi connectivity index (χ2n) is 6.48. The Kier molecular flexibility index (Phi) is 5.75. The second-order valence-corrected chi connectivity index (χ2v) is 6.86. The van der Waals surface area contributed by atoms with Crippen molar-refractivity contribution in [2.75, 3.05) is 0 Å². The van der Waals surface area contributed by atoms with Gasteiger partial charge in [0.25, 0.3) is 0 Å². The molecule has 7 heteroatoms. The van der Waals surface area contributed by atoms with E-state index in [0.29, 0.717) is 40.0 Å². The number of aromatic nitrogens is 2. The van der Waals surface area contributed by atoms with Gasteiger partial charge in [0.1, 0.15) is 0 Å². The SMILES string of the molecule is [C-]#[N+]c1ccc(C[C@@H](c2nnc(-c3ccc(C#N)cc3)o2)[C@H](C)O)c(C)c1Cl. The molecular formula is C21H17ClN4O2. The van der Waals surface area contributed by atoms with Crippen molar-refractivity contribution in [2.45, 2.75) is 32.3 Å². The molecular weight excluding hydrogens is 376 g/mol. The number of aliphatic hydroxyl groups excluding tert-OH is 1. The van der Waals surface area contributed by atoms with Gasteiger partial charge in [0.15, 0.2) is 0 Å². The standard InChI is InChI=1S/C21H17ClN4O2/c1-12-16(8-9-18(24-3)19(12)22)10-17(13(2)27)21-26-25-20(28-21)15-6-4-14(11-23)5-7-15/h4-9,13,17,27H,10H2,1-2H3/t13-,17+/m0/s1. The largest absolute Gasteiger partial charge is 0.420 e. The zero-order valence-electron chi connectivity index (χ0n) is 15.3. The van der Waals surface area contributed by atoms with Gasteiger partial charge in [-0.1, -0.05) is 23.7 Å². The average Bonchev–Trinajstić information content (AvgIpc) is 3.18. The summed E-state index contributed by atoms with van der Waals surface area (Å²) in [6.07, 6.45) is -0.288. The highest BCUT2D eigenvalue weighted by atomic mass is 35.5. The Balaban J connectivity index is 1.90. The zero-order valence-corrected chi connectivity index (χ0v) is 16.1. The number of hydrogen-bond donors (Lipinski definition) is 1. The van der Waals surface area contributed by atoms with Crippen LogP contribution in [0, 0.1) is 24.8 Å². The van der Waals surface area contributed by atoms with Crippen LogP contribution in [-0.2, 0) is 6.42 Å². The molecule has 3 aromatic rings. The molecule has 3 rings (SSSR count). The lowest BCUT2D eigenvalue weighted by Gasteiger charge is -2.18. The molecule has 1 aromatic heterocycles. The van der Waals surface area contributed by atoms with E-state index in [-0.39, 0.29) is 0 Å². The van der Waals surface area contributed by atoms with Gasteiger partial charge in [0, 0.05) is 5.56 Å². The fourth-order valence-corrected chi connectivity index (χ4v) is 3.13. The van der Waals surface area contributed by atoms with Gasteiger partial charge in [0.05, 0.1) is 35.2 Å². The summed E-state index contributed by atoms with van der Waals surface area (Å²) in [7, 11) is 0. The number of nitrogens with zero attached hydrogens (tertiary/aromatic N) is 4. The molecule has 140 valence electrons. The maximum absolute atomic E-state index is 10.3. The van der Waals surface area contributed by atoms with Crippen molar-refractivity contribution in [1.29, 1.82) is 5.26 Å². The van der Waals surface area contributed by atoms with Crippen LogP contribution in [0.4, 0.5) is 5.69 Å². The molecule has 6 nitrogen and oxygen atoms in total. The fraction of sp³-hybridized carbons (Fsp3) is 0.238. The van der Waals surface area contributed by atoms with Crippen molar-refractivity contribution in [3.63, 3.8) is 0 Å². The van der Waals surface area contributed by atoms with Gasteiger partial charge >= 0.3 is 0 Å². The summed E-state index contributed by atoms with van der Waals surface area (Å²) in [5.41, 5.74) is 3.34. The Bertz CT molecular complexity index is 1080. The zero-order chi connectivity index (χ0) is 20.3. The number of aliphatic hydroxyl groups is 1. The van der Waals surface area contributed by atoms with Crippen LogP contribution in [0.25, 0.3) is 16.3 Å². The molecule has 0 bridgehead atoms. The highest BCUT2D eigenvalue weighted by Gasteiger charge is 2.26. The van der Waals surface area contributed by atoms with Crippen molar-refractivity contribution < 1.29 is 9.52 Å². The van der Waals surface area contributed by atoms with E-state index in [1.807, 2.05) is 13.0 Å². The van der Waals surface area contributed by atoms with E-state index in [9.17, 15) is 5.11 Å². The second kappa shape index (κ2) is 8.22. The Morgan fingerprint density at radius 3 is 2.57 bits per heavy atom. The normalized spacial score (nSPS) is 12.8. The van der Waals surface area contributed by atoms with Gasteiger partial charge in [-0.25, -0.2) is 4.85 Å². The molecule has 0 aliphatic carbocycles. The van der Waals surface area contributed by atoms with Crippen molar-refractivity contribution in [2.24, 2.45) is 0 Å². The molecule has 0 saturated heterocycles. The van der Waals surface area contributed by atoms with Gasteiger partial charge < -0.3 is 9.52 Å². The lowest BCUT2D eigenvalue weighted by Crippen LogP contribution is -2.18. The number of nitriles is 1. The molecule has 2 aromatic carbocycles. The average molecular weight is 393 g/mol. The van der Waals surface area contributed by atoms with Crippen LogP contribution in [0.1, 0.15) is 35.4 Å². The van der Waals surface area contributed by atoms with Gasteiger partial charge in [-0.2, -0.15) is 5.26 Å². The van der Waals surface area contributed by atoms with Crippen LogP contribution in [0.15, 0.2) is 40.8 Å². The van der Waals surface area contributed by atoms with Gasteiger partial charge in [-0.05, 0) is 55.7 Å². The lowest BCUT2D eigenvalue weighted by molar-refractivity contribution is 0.148. The minimum atomic E-state index is -0.729. The van der Waals surface area contributed by atoms with E-state index in [4.69, 9.17) is 27.9 Å². The highest BCUT2D eigenvalue weighted by molar-refractivity contribution is 6.34. The molecule has 28 heavy (non-hydrogen) atoms. The Morgan fingerprint density at radius 1 is 1.25 bits per heavy atom. The maximum Gasteiger partial charge on any atom is 0.247 e. The smallest absolute Gasteiger partial charge is 0.247 e. The Labute approximate surface area is 167 Å². The van der Waals surface area contributed by atoms with E-state index in [1.165, 1.54) is 0 Å². The summed E-state index contributed by atoms with van der Waals surface area (Å²) >= 11 is 6.27. The van der Waals surface area contributed by atoms with Crippen LogP contribution in [0.2, 0.25) is 5.02 Å². The van der Waals surface area contributed by atoms with E-state index in [2.05, 4.69) is 21.1 Å². The number of rotatable bonds is 5. The molecule has 1 heterocycles. The van der Waals surface area contributed by atoms with Crippen molar-refractivity contribution in [3.8, 4) is 17.5 Å². The first-order valence-corrected chi connectivity index (χ1v) is 8.99. The maximum atomic E-state index is 10.3. The molecule has 0 radical (unpaired) electrons. The third-order valence-electron chi connectivity index (χ3n) is 4.64. The minimum Gasteiger partial charge on any atom is -0.420 e. The van der Waals surface area contributed by atoms with Gasteiger partial charge in [-0.15, -0.1) is 10.2 Å². The highest BCUT2D eigenvalue weighted by Crippen LogP contribution is 2.34. The van der Waals surface area contributed by atoms with Gasteiger partial charge in [-0.3, -0.25) is 0 Å². The van der Waals surface area contributed by atoms with Crippen molar-refractivity contribution in [3.05, 3.63) is 75.4 Å². The molecule has 1 N–H and O–H groups in total. The van der Waals surface area contributed by atoms with E-state index >= 15 is 0 Å². The van der Waals surface area contributed by atoms with Crippen LogP contribution >= 0.6 is 11.6 Å². The van der Waals surface area contributed by atoms with Crippen LogP contribution < -0.4 is 0 Å². The molecule has 2 atom stereocenters. The van der Waals surface area contributed by atoms with E-state index in [0.717, 1.165) is 11.1 Å². The predicted molar refractivity (Wildman–Crippen MR) is 105 cm³/mol. The Morgan fingerprint density at radius 2 is 1.96 bits per heavy atom. The summed E-state index contributed by atoms with van der Waals surface area (Å²) in [6.45, 7) is 10.7. The molecule has 0 aliphatic rings. The summed E-state index contributed by atoms with van der Waals surface area (Å²) in [4.78, 5) is 3.40. The first kappa shape index (κ1) is 19.6. The summed E-state index contributed by atoms with van der Waals surface area (Å²) < 4.78 is 5.81. The predicted octanol–water partition coefficient (Wildman–Crippen LogP) is 4.83. The number of hydrogen-bond acceptors (Lipinski definition) is 5. The molecule has 0 aliphatic heterocycles. The molecule has 0 amide bonds. The third-order valence-corrected chi connectivity index (χ3v) is 5.12. The lowest BCUT2D eigenvalue weighted by atomic mass is 9.92. The number of halogens is 1. The van der Waals surface area contributed by atoms with E-state index < -0.39 is 12.0 Å². The molecule has 0 saturated carbocycles. The first-order chi connectivity index (χ1) is 13.4. The van der Waals surface area contributed by atoms with E-state index in [1.54, 1.807) is 37.3 Å². The Hall–Kier alpha value is -3.19. The first-order valence-electron chi connectivity index (χ1n) is 8.62.